The number of halogens is 2. The molecule has 2 amide bonds. The fourth-order valence-electron chi connectivity index (χ4n) is 10.7. The zero-order valence-electron chi connectivity index (χ0n) is 49.3. The Morgan fingerprint density at radius 2 is 0.779 bits per heavy atom. The van der Waals surface area contributed by atoms with E-state index in [0.717, 1.165) is 24.3 Å². The zero-order chi connectivity index (χ0) is 61.3. The molecule has 8 aromatic rings. The van der Waals surface area contributed by atoms with Gasteiger partial charge in [-0.1, -0.05) is 98.8 Å². The molecule has 4 unspecified atom stereocenters. The summed E-state index contributed by atoms with van der Waals surface area (Å²) in [5.41, 5.74) is -4.11. The molecule has 8 rings (SSSR count). The molecule has 16 nitrogen and oxygen atoms in total. The maximum Gasteiger partial charge on any atom is 1.00 e. The number of rotatable bonds is 22. The summed E-state index contributed by atoms with van der Waals surface area (Å²) in [6, 6.07) is 39.1. The van der Waals surface area contributed by atoms with Crippen molar-refractivity contribution in [2.24, 2.45) is 0 Å². The number of hydrogen-bond donors (Lipinski definition) is 8. The van der Waals surface area contributed by atoms with E-state index in [4.69, 9.17) is 0 Å². The second-order valence-electron chi connectivity index (χ2n) is 21.6. The van der Waals surface area contributed by atoms with Gasteiger partial charge in [0.25, 0.3) is 11.8 Å². The van der Waals surface area contributed by atoms with Crippen LogP contribution in [0.2, 0.25) is 0 Å². The van der Waals surface area contributed by atoms with Crippen LogP contribution in [0.3, 0.4) is 0 Å². The topological polar surface area (TPSA) is 270 Å². The van der Waals surface area contributed by atoms with Crippen molar-refractivity contribution in [2.75, 3.05) is 10.6 Å². The Morgan fingerprint density at radius 1 is 0.477 bits per heavy atom. The van der Waals surface area contributed by atoms with Crippen molar-refractivity contribution < 1.29 is 128 Å². The molecule has 2 aromatic heterocycles. The van der Waals surface area contributed by atoms with Crippen molar-refractivity contribution >= 4 is 35.1 Å². The van der Waals surface area contributed by atoms with Crippen LogP contribution in [0.4, 0.5) is 20.2 Å². The number of carbonyl (C=O) groups excluding carboxylic acids is 4. The maximum absolute atomic E-state index is 14.1. The van der Waals surface area contributed by atoms with Crippen LogP contribution in [0.5, 0.6) is 11.5 Å². The minimum atomic E-state index is -2.17. The third-order valence-corrected chi connectivity index (χ3v) is 14.9. The molecule has 6 aromatic carbocycles. The molecule has 440 valence electrons. The van der Waals surface area contributed by atoms with E-state index in [1.807, 2.05) is 88.4 Å². The molecule has 0 aliphatic carbocycles. The number of aromatic nitrogens is 2. The molecule has 0 bridgehead atoms. The molecule has 2 heterocycles. The minimum absolute atomic E-state index is 0. The number of phenolic OH excluding ortho intramolecular Hbond substituents is 2. The summed E-state index contributed by atoms with van der Waals surface area (Å²) in [4.78, 5) is 51.8. The summed E-state index contributed by atoms with van der Waals surface area (Å²) in [5, 5.41) is 97.0. The van der Waals surface area contributed by atoms with Crippen LogP contribution in [0.1, 0.15) is 135 Å². The number of aromatic hydroxyl groups is 2. The first-order valence-corrected chi connectivity index (χ1v) is 27.4. The normalized spacial score (nSPS) is 13.9. The van der Waals surface area contributed by atoms with Gasteiger partial charge in [-0.05, 0) is 136 Å². The zero-order valence-corrected chi connectivity index (χ0v) is 53.3. The van der Waals surface area contributed by atoms with Gasteiger partial charge in [-0.15, -0.1) is 0 Å². The van der Waals surface area contributed by atoms with Crippen LogP contribution in [0, 0.1) is 11.6 Å². The number of hydrogen-bond acceptors (Lipinski definition) is 12. The molecule has 0 aliphatic heterocycles. The summed E-state index contributed by atoms with van der Waals surface area (Å²) >= 11 is 0. The van der Waals surface area contributed by atoms with Crippen LogP contribution in [0.25, 0.3) is 22.3 Å². The van der Waals surface area contributed by atoms with E-state index in [-0.39, 0.29) is 129 Å². The summed E-state index contributed by atoms with van der Waals surface area (Å²) in [7, 11) is 0. The number of carboxylic acids is 2. The van der Waals surface area contributed by atoms with Gasteiger partial charge in [0.15, 0.2) is 0 Å². The van der Waals surface area contributed by atoms with Gasteiger partial charge in [-0.2, -0.15) is 0 Å². The SMILES string of the molecule is CCC(O)(CC(O)(CC(=O)[O-])c1ccc(F)cc1)c1c(C(=O)Nc2ccc(O)cc2)c(-c2ccccc2)cn1C(C)C.CCC(O)(CC(O)(CC(=O)[O-])c1ccc(F)cc1)c1c(C(=O)Nc2ccc(O)cc2)c(-c2ccccc2)cn1C(C)C.[Na+].[Na+]. The first-order valence-electron chi connectivity index (χ1n) is 27.4. The van der Waals surface area contributed by atoms with Gasteiger partial charge in [0, 0.05) is 84.6 Å². The number of benzene rings is 6. The molecule has 86 heavy (non-hydrogen) atoms. The number of carbonyl (C=O) groups is 4. The largest absolute Gasteiger partial charge is 1.00 e. The van der Waals surface area contributed by atoms with E-state index in [1.165, 1.54) is 72.8 Å². The summed E-state index contributed by atoms with van der Waals surface area (Å²) in [6.07, 6.45) is 0.714. The van der Waals surface area contributed by atoms with Gasteiger partial charge >= 0.3 is 59.1 Å². The quantitative estimate of drug-likeness (QED) is 0.0357. The molecular weight excluding hydrogens is 1120 g/mol. The average Bonchev–Trinajstić information content (AvgIpc) is 1.58. The van der Waals surface area contributed by atoms with E-state index >= 15 is 0 Å². The van der Waals surface area contributed by atoms with E-state index < -0.39 is 83.5 Å². The van der Waals surface area contributed by atoms with Crippen LogP contribution in [-0.2, 0) is 32.0 Å². The first kappa shape index (κ1) is 69.8. The predicted molar refractivity (Wildman–Crippen MR) is 310 cm³/mol. The van der Waals surface area contributed by atoms with E-state index in [1.54, 1.807) is 35.4 Å². The van der Waals surface area contributed by atoms with Crippen molar-refractivity contribution in [3.8, 4) is 33.8 Å². The number of amides is 2. The van der Waals surface area contributed by atoms with Crippen molar-refractivity contribution in [3.63, 3.8) is 0 Å². The molecule has 0 fully saturated rings. The second-order valence-corrected chi connectivity index (χ2v) is 21.6. The third-order valence-electron chi connectivity index (χ3n) is 14.9. The minimum Gasteiger partial charge on any atom is -0.550 e. The van der Waals surface area contributed by atoms with E-state index in [0.29, 0.717) is 33.6 Å². The number of anilines is 2. The third kappa shape index (κ3) is 16.4. The van der Waals surface area contributed by atoms with Crippen LogP contribution in [-0.4, -0.2) is 63.5 Å². The van der Waals surface area contributed by atoms with Gasteiger partial charge in [0.1, 0.15) is 34.3 Å². The number of aliphatic carboxylic acids is 2. The Bertz CT molecular complexity index is 3350. The summed E-state index contributed by atoms with van der Waals surface area (Å²) in [5.74, 6) is -5.32. The molecular formula is C66H68F2N4Na2O12. The monoisotopic (exact) mass is 1190 g/mol. The van der Waals surface area contributed by atoms with Crippen molar-refractivity contribution in [3.05, 3.63) is 215 Å². The van der Waals surface area contributed by atoms with Crippen LogP contribution >= 0.6 is 0 Å². The number of nitrogens with one attached hydrogen (secondary N) is 2. The molecule has 0 radical (unpaired) electrons. The standard InChI is InChI=1S/2C33H35FN2O6.2Na/c2*1-4-32(41,20-33(42,18-28(38)39)23-10-12-24(34)13-11-23)30-29(31(40)35-25-14-16-26(37)17-15-25)27(19-36(30)21(2)3)22-8-6-5-7-9-22;;/h2*5-17,19,21,37,41-42H,4,18,20H2,1-3H3,(H,35,40)(H,38,39);;/q;;2*+1/p-2. The van der Waals surface area contributed by atoms with Crippen molar-refractivity contribution in [1.29, 1.82) is 0 Å². The molecule has 0 saturated carbocycles. The average molecular weight is 1190 g/mol. The van der Waals surface area contributed by atoms with Crippen LogP contribution < -0.4 is 80.0 Å². The van der Waals surface area contributed by atoms with Crippen molar-refractivity contribution in [1.82, 2.24) is 9.13 Å². The smallest absolute Gasteiger partial charge is 0.550 e. The number of nitrogens with zero attached hydrogens (tertiary/aromatic N) is 2. The molecule has 20 heteroatoms. The molecule has 0 aliphatic rings. The molecule has 8 N–H and O–H groups in total. The summed E-state index contributed by atoms with van der Waals surface area (Å²) in [6.45, 7) is 10.9. The van der Waals surface area contributed by atoms with E-state index in [2.05, 4.69) is 10.6 Å². The number of aliphatic hydroxyl groups is 4. The van der Waals surface area contributed by atoms with Gasteiger partial charge in [-0.25, -0.2) is 8.78 Å². The van der Waals surface area contributed by atoms with Gasteiger partial charge in [-0.3, -0.25) is 9.59 Å². The Morgan fingerprint density at radius 3 is 1.05 bits per heavy atom. The molecule has 0 saturated heterocycles. The van der Waals surface area contributed by atoms with Gasteiger partial charge in [0.2, 0.25) is 0 Å². The fraction of sp³-hybridized carbons (Fsp3) is 0.273. The Kier molecular flexibility index (Phi) is 24.1. The maximum atomic E-state index is 14.1. The number of carboxylic acid groups (broad SMARTS) is 2. The Balaban J connectivity index is 0.000000307. The second kappa shape index (κ2) is 29.6. The first-order chi connectivity index (χ1) is 39.7. The van der Waals surface area contributed by atoms with Gasteiger partial charge in [0.05, 0.1) is 33.7 Å². The molecule has 0 spiro atoms. The fourth-order valence-corrected chi connectivity index (χ4v) is 10.7. The summed E-state index contributed by atoms with van der Waals surface area (Å²) < 4.78 is 31.0. The molecule has 4 atom stereocenters. The Hall–Kier alpha value is -6.94. The Labute approximate surface area is 542 Å². The predicted octanol–water partition coefficient (Wildman–Crippen LogP) is 3.71. The van der Waals surface area contributed by atoms with Gasteiger partial charge < -0.3 is 70.2 Å². The van der Waals surface area contributed by atoms with E-state index in [9.17, 15) is 68.8 Å². The van der Waals surface area contributed by atoms with Crippen molar-refractivity contribution in [2.45, 2.75) is 115 Å². The van der Waals surface area contributed by atoms with Crippen LogP contribution in [0.15, 0.2) is 170 Å². The number of phenols is 2.